The molecule has 0 saturated carbocycles. The average molecular weight is 221 g/mol. The number of hydrogen-bond acceptors (Lipinski definition) is 4. The quantitative estimate of drug-likeness (QED) is 0.542. The molecule has 0 aromatic rings. The first-order chi connectivity index (χ1) is 6.81. The summed E-state index contributed by atoms with van der Waals surface area (Å²) in [6.45, 7) is 5.25. The summed E-state index contributed by atoms with van der Waals surface area (Å²) in [5.41, 5.74) is 0. The molecule has 3 nitrogen and oxygen atoms in total. The van der Waals surface area contributed by atoms with Gasteiger partial charge in [-0.05, 0) is 25.1 Å². The summed E-state index contributed by atoms with van der Waals surface area (Å²) in [4.78, 5) is 0. The van der Waals surface area contributed by atoms with Crippen LogP contribution >= 0.6 is 11.8 Å². The molecule has 1 unspecified atom stereocenters. The number of rotatable bonds is 10. The van der Waals surface area contributed by atoms with Crippen molar-refractivity contribution in [3.63, 3.8) is 0 Å². The van der Waals surface area contributed by atoms with Gasteiger partial charge in [-0.3, -0.25) is 0 Å². The SMILES string of the molecule is COCCNCCCSC(C)CCO. The van der Waals surface area contributed by atoms with Crippen LogP contribution in [-0.4, -0.2) is 49.5 Å². The third-order valence-electron chi connectivity index (χ3n) is 1.92. The molecule has 0 saturated heterocycles. The van der Waals surface area contributed by atoms with Crippen LogP contribution in [0.3, 0.4) is 0 Å². The third-order valence-corrected chi connectivity index (χ3v) is 3.25. The van der Waals surface area contributed by atoms with E-state index in [4.69, 9.17) is 9.84 Å². The maximum atomic E-state index is 8.70. The molecule has 0 rings (SSSR count). The molecule has 0 amide bonds. The summed E-state index contributed by atoms with van der Waals surface area (Å²) in [7, 11) is 1.72. The molecule has 0 spiro atoms. The molecule has 0 aromatic carbocycles. The minimum absolute atomic E-state index is 0.306. The molecule has 0 aliphatic carbocycles. The van der Waals surface area contributed by atoms with Gasteiger partial charge >= 0.3 is 0 Å². The van der Waals surface area contributed by atoms with Crippen molar-refractivity contribution < 1.29 is 9.84 Å². The van der Waals surface area contributed by atoms with E-state index in [0.29, 0.717) is 11.9 Å². The zero-order valence-electron chi connectivity index (χ0n) is 9.29. The second-order valence-electron chi connectivity index (χ2n) is 3.29. The van der Waals surface area contributed by atoms with Crippen LogP contribution in [0.15, 0.2) is 0 Å². The number of aliphatic hydroxyl groups is 1. The smallest absolute Gasteiger partial charge is 0.0587 e. The highest BCUT2D eigenvalue weighted by atomic mass is 32.2. The minimum atomic E-state index is 0.306. The van der Waals surface area contributed by atoms with E-state index >= 15 is 0 Å². The molecule has 86 valence electrons. The second kappa shape index (κ2) is 11.3. The van der Waals surface area contributed by atoms with E-state index in [2.05, 4.69) is 12.2 Å². The van der Waals surface area contributed by atoms with Gasteiger partial charge in [-0.25, -0.2) is 0 Å². The number of nitrogens with one attached hydrogen (secondary N) is 1. The van der Waals surface area contributed by atoms with E-state index in [9.17, 15) is 0 Å². The summed E-state index contributed by atoms with van der Waals surface area (Å²) < 4.78 is 4.92. The molecule has 0 fully saturated rings. The summed E-state index contributed by atoms with van der Waals surface area (Å²) in [5, 5.41) is 12.6. The Bertz CT molecular complexity index is 114. The fourth-order valence-electron chi connectivity index (χ4n) is 1.05. The van der Waals surface area contributed by atoms with Gasteiger partial charge in [-0.1, -0.05) is 6.92 Å². The number of aliphatic hydroxyl groups excluding tert-OH is 1. The van der Waals surface area contributed by atoms with Crippen molar-refractivity contribution in [3.05, 3.63) is 0 Å². The molecule has 0 aliphatic heterocycles. The predicted molar refractivity (Wildman–Crippen MR) is 63.0 cm³/mol. The molecular formula is C10H23NO2S. The van der Waals surface area contributed by atoms with Crippen molar-refractivity contribution in [2.24, 2.45) is 0 Å². The van der Waals surface area contributed by atoms with Crippen LogP contribution in [0.25, 0.3) is 0 Å². The van der Waals surface area contributed by atoms with Crippen molar-refractivity contribution >= 4 is 11.8 Å². The Morgan fingerprint density at radius 3 is 2.86 bits per heavy atom. The highest BCUT2D eigenvalue weighted by Crippen LogP contribution is 2.13. The normalized spacial score (nSPS) is 13.1. The van der Waals surface area contributed by atoms with E-state index in [1.165, 1.54) is 12.2 Å². The molecule has 0 heterocycles. The number of ether oxygens (including phenoxy) is 1. The zero-order valence-corrected chi connectivity index (χ0v) is 10.1. The van der Waals surface area contributed by atoms with Crippen LogP contribution in [0, 0.1) is 0 Å². The van der Waals surface area contributed by atoms with Gasteiger partial charge in [0.25, 0.3) is 0 Å². The van der Waals surface area contributed by atoms with Crippen molar-refractivity contribution in [2.45, 2.75) is 25.0 Å². The van der Waals surface area contributed by atoms with Crippen molar-refractivity contribution in [2.75, 3.05) is 39.2 Å². The lowest BCUT2D eigenvalue weighted by Gasteiger charge is -2.09. The van der Waals surface area contributed by atoms with Gasteiger partial charge in [0.15, 0.2) is 0 Å². The second-order valence-corrected chi connectivity index (χ2v) is 4.84. The fraction of sp³-hybridized carbons (Fsp3) is 1.00. The molecule has 0 aliphatic rings. The first kappa shape index (κ1) is 14.2. The van der Waals surface area contributed by atoms with Crippen LogP contribution in [0.1, 0.15) is 19.8 Å². The molecule has 4 heteroatoms. The van der Waals surface area contributed by atoms with E-state index in [-0.39, 0.29) is 0 Å². The van der Waals surface area contributed by atoms with Crippen molar-refractivity contribution in [1.29, 1.82) is 0 Å². The van der Waals surface area contributed by atoms with Gasteiger partial charge in [-0.2, -0.15) is 11.8 Å². The van der Waals surface area contributed by atoms with E-state index in [1.807, 2.05) is 11.8 Å². The summed E-state index contributed by atoms with van der Waals surface area (Å²) >= 11 is 1.93. The maximum Gasteiger partial charge on any atom is 0.0587 e. The van der Waals surface area contributed by atoms with Gasteiger partial charge in [0, 0.05) is 25.5 Å². The van der Waals surface area contributed by atoms with Gasteiger partial charge in [0.2, 0.25) is 0 Å². The van der Waals surface area contributed by atoms with E-state index in [0.717, 1.165) is 26.1 Å². The van der Waals surface area contributed by atoms with Crippen LogP contribution in [0.5, 0.6) is 0 Å². The Labute approximate surface area is 91.6 Å². The Hall–Kier alpha value is 0.230. The van der Waals surface area contributed by atoms with E-state index < -0.39 is 0 Å². The minimum Gasteiger partial charge on any atom is -0.396 e. The Morgan fingerprint density at radius 2 is 2.21 bits per heavy atom. The lowest BCUT2D eigenvalue weighted by molar-refractivity contribution is 0.199. The summed E-state index contributed by atoms with van der Waals surface area (Å²) in [6, 6.07) is 0. The number of hydrogen-bond donors (Lipinski definition) is 2. The first-order valence-electron chi connectivity index (χ1n) is 5.23. The molecule has 14 heavy (non-hydrogen) atoms. The van der Waals surface area contributed by atoms with Crippen LogP contribution in [0.4, 0.5) is 0 Å². The molecular weight excluding hydrogens is 198 g/mol. The van der Waals surface area contributed by atoms with Crippen LogP contribution in [0.2, 0.25) is 0 Å². The average Bonchev–Trinajstić information content (AvgIpc) is 2.17. The monoisotopic (exact) mass is 221 g/mol. The highest BCUT2D eigenvalue weighted by Gasteiger charge is 2.00. The summed E-state index contributed by atoms with van der Waals surface area (Å²) in [6.07, 6.45) is 2.09. The Kier molecular flexibility index (Phi) is 11.5. The van der Waals surface area contributed by atoms with Crippen LogP contribution < -0.4 is 5.32 Å². The van der Waals surface area contributed by atoms with E-state index in [1.54, 1.807) is 7.11 Å². The topological polar surface area (TPSA) is 41.5 Å². The Balaban J connectivity index is 2.98. The molecule has 0 aromatic heterocycles. The third kappa shape index (κ3) is 10.3. The number of thioether (sulfide) groups is 1. The van der Waals surface area contributed by atoms with Crippen LogP contribution in [-0.2, 0) is 4.74 Å². The lowest BCUT2D eigenvalue weighted by atomic mass is 10.3. The van der Waals surface area contributed by atoms with Gasteiger partial charge in [0.05, 0.1) is 6.61 Å². The Morgan fingerprint density at radius 1 is 1.43 bits per heavy atom. The molecule has 0 bridgehead atoms. The largest absolute Gasteiger partial charge is 0.396 e. The molecule has 1 atom stereocenters. The predicted octanol–water partition coefficient (Wildman–Crippen LogP) is 1.12. The first-order valence-corrected chi connectivity index (χ1v) is 6.28. The van der Waals surface area contributed by atoms with Crippen molar-refractivity contribution in [1.82, 2.24) is 5.32 Å². The van der Waals surface area contributed by atoms with Gasteiger partial charge < -0.3 is 15.2 Å². The highest BCUT2D eigenvalue weighted by molar-refractivity contribution is 7.99. The van der Waals surface area contributed by atoms with Gasteiger partial charge in [0.1, 0.15) is 0 Å². The maximum absolute atomic E-state index is 8.70. The summed E-state index contributed by atoms with van der Waals surface area (Å²) in [5.74, 6) is 1.17. The lowest BCUT2D eigenvalue weighted by Crippen LogP contribution is -2.20. The van der Waals surface area contributed by atoms with Gasteiger partial charge in [-0.15, -0.1) is 0 Å². The zero-order chi connectivity index (χ0) is 10.6. The number of methoxy groups -OCH3 is 1. The van der Waals surface area contributed by atoms with Crippen molar-refractivity contribution in [3.8, 4) is 0 Å². The fourth-order valence-corrected chi connectivity index (χ4v) is 2.03. The molecule has 0 radical (unpaired) electrons. The standard InChI is InChI=1S/C10H23NO2S/c1-10(4-7-12)14-9-3-5-11-6-8-13-2/h10-12H,3-9H2,1-2H3. The molecule has 2 N–H and O–H groups in total.